The van der Waals surface area contributed by atoms with Gasteiger partial charge in [-0.3, -0.25) is 4.99 Å². The van der Waals surface area contributed by atoms with Crippen LogP contribution in [0.2, 0.25) is 0 Å². The SMILES string of the molecule is CN=C(NCc1cc2c(cc1OC)CC(C)O2)NC1CCC(C(F)(F)F)CC1. The van der Waals surface area contributed by atoms with E-state index in [2.05, 4.69) is 15.6 Å². The number of benzene rings is 1. The fourth-order valence-corrected chi connectivity index (χ4v) is 3.94. The molecule has 1 atom stereocenters. The molecule has 0 bridgehead atoms. The van der Waals surface area contributed by atoms with E-state index < -0.39 is 12.1 Å². The second-order valence-corrected chi connectivity index (χ2v) is 7.56. The molecule has 1 aromatic rings. The summed E-state index contributed by atoms with van der Waals surface area (Å²) < 4.78 is 49.8. The number of methoxy groups -OCH3 is 1. The van der Waals surface area contributed by atoms with Gasteiger partial charge in [0.2, 0.25) is 0 Å². The van der Waals surface area contributed by atoms with Crippen molar-refractivity contribution in [3.63, 3.8) is 0 Å². The second-order valence-electron chi connectivity index (χ2n) is 7.56. The standard InChI is InChI=1S/C20H28F3N3O2/c1-12-8-13-9-17(27-3)14(10-18(13)28-12)11-25-19(24-2)26-16-6-4-15(5-7-16)20(21,22)23/h9-10,12,15-16H,4-8,11H2,1-3H3,(H2,24,25,26). The summed E-state index contributed by atoms with van der Waals surface area (Å²) in [5, 5.41) is 6.48. The highest BCUT2D eigenvalue weighted by Crippen LogP contribution is 2.37. The highest BCUT2D eigenvalue weighted by Gasteiger charge is 2.41. The Bertz CT molecular complexity index is 713. The van der Waals surface area contributed by atoms with Crippen LogP contribution in [-0.4, -0.2) is 38.4 Å². The largest absolute Gasteiger partial charge is 0.496 e. The summed E-state index contributed by atoms with van der Waals surface area (Å²) in [7, 11) is 3.29. The number of hydrogen-bond donors (Lipinski definition) is 2. The van der Waals surface area contributed by atoms with Crippen molar-refractivity contribution in [2.75, 3.05) is 14.2 Å². The van der Waals surface area contributed by atoms with E-state index in [0.29, 0.717) is 25.3 Å². The van der Waals surface area contributed by atoms with Gasteiger partial charge in [-0.15, -0.1) is 0 Å². The molecule has 1 heterocycles. The lowest BCUT2D eigenvalue weighted by atomic mass is 9.85. The molecule has 1 fully saturated rings. The van der Waals surface area contributed by atoms with Gasteiger partial charge in [-0.2, -0.15) is 13.2 Å². The van der Waals surface area contributed by atoms with Gasteiger partial charge in [0.05, 0.1) is 13.0 Å². The molecule has 1 unspecified atom stereocenters. The summed E-state index contributed by atoms with van der Waals surface area (Å²) in [6.07, 6.45) is -1.78. The van der Waals surface area contributed by atoms with Crippen molar-refractivity contribution in [2.24, 2.45) is 10.9 Å². The van der Waals surface area contributed by atoms with Crippen molar-refractivity contribution < 1.29 is 22.6 Å². The molecule has 5 nitrogen and oxygen atoms in total. The van der Waals surface area contributed by atoms with Gasteiger partial charge in [0.25, 0.3) is 0 Å². The highest BCUT2D eigenvalue weighted by molar-refractivity contribution is 5.80. The number of halogens is 3. The van der Waals surface area contributed by atoms with Crippen molar-refractivity contribution in [2.45, 2.75) is 63.9 Å². The zero-order valence-electron chi connectivity index (χ0n) is 16.5. The third-order valence-electron chi connectivity index (χ3n) is 5.50. The molecular formula is C20H28F3N3O2. The Morgan fingerprint density at radius 2 is 1.96 bits per heavy atom. The Morgan fingerprint density at radius 3 is 2.57 bits per heavy atom. The summed E-state index contributed by atoms with van der Waals surface area (Å²) in [5.74, 6) is 1.05. The number of rotatable bonds is 4. The molecule has 0 aromatic heterocycles. The maximum atomic E-state index is 12.8. The molecule has 2 N–H and O–H groups in total. The molecule has 1 aliphatic heterocycles. The molecule has 2 aliphatic rings. The summed E-state index contributed by atoms with van der Waals surface area (Å²) in [5.41, 5.74) is 2.08. The maximum absolute atomic E-state index is 12.8. The first-order valence-corrected chi connectivity index (χ1v) is 9.70. The van der Waals surface area contributed by atoms with Gasteiger partial charge in [0.1, 0.15) is 17.6 Å². The van der Waals surface area contributed by atoms with E-state index >= 15 is 0 Å². The molecule has 156 valence electrons. The number of hydrogen-bond acceptors (Lipinski definition) is 3. The Hall–Kier alpha value is -2.12. The van der Waals surface area contributed by atoms with Gasteiger partial charge in [0.15, 0.2) is 5.96 Å². The fourth-order valence-electron chi connectivity index (χ4n) is 3.94. The van der Waals surface area contributed by atoms with Crippen LogP contribution >= 0.6 is 0 Å². The normalized spacial score (nSPS) is 25.1. The lowest BCUT2D eigenvalue weighted by Gasteiger charge is -2.31. The van der Waals surface area contributed by atoms with Crippen LogP contribution in [0.25, 0.3) is 0 Å². The molecule has 1 saturated carbocycles. The highest BCUT2D eigenvalue weighted by atomic mass is 19.4. The number of ether oxygens (including phenoxy) is 2. The van der Waals surface area contributed by atoms with E-state index in [1.165, 1.54) is 0 Å². The van der Waals surface area contributed by atoms with Crippen molar-refractivity contribution in [1.82, 2.24) is 10.6 Å². The van der Waals surface area contributed by atoms with Crippen molar-refractivity contribution in [3.8, 4) is 11.5 Å². The van der Waals surface area contributed by atoms with E-state index in [1.54, 1.807) is 14.2 Å². The van der Waals surface area contributed by atoms with Crippen LogP contribution < -0.4 is 20.1 Å². The van der Waals surface area contributed by atoms with Crippen LogP contribution in [0.4, 0.5) is 13.2 Å². The minimum absolute atomic E-state index is 0.00380. The Morgan fingerprint density at radius 1 is 1.25 bits per heavy atom. The molecule has 0 spiro atoms. The molecule has 1 aromatic carbocycles. The van der Waals surface area contributed by atoms with Gasteiger partial charge in [0, 0.05) is 37.2 Å². The smallest absolute Gasteiger partial charge is 0.391 e. The summed E-state index contributed by atoms with van der Waals surface area (Å²) >= 11 is 0. The number of aliphatic imine (C=N–C) groups is 1. The zero-order chi connectivity index (χ0) is 20.3. The predicted octanol–water partition coefficient (Wildman–Crippen LogP) is 3.80. The number of guanidine groups is 1. The lowest BCUT2D eigenvalue weighted by molar-refractivity contribution is -0.182. The van der Waals surface area contributed by atoms with E-state index in [1.807, 2.05) is 19.1 Å². The number of nitrogens with zero attached hydrogens (tertiary/aromatic N) is 1. The van der Waals surface area contributed by atoms with Gasteiger partial charge >= 0.3 is 6.18 Å². The van der Waals surface area contributed by atoms with Crippen molar-refractivity contribution in [1.29, 1.82) is 0 Å². The van der Waals surface area contributed by atoms with E-state index in [-0.39, 0.29) is 25.0 Å². The van der Waals surface area contributed by atoms with Crippen LogP contribution in [0.3, 0.4) is 0 Å². The minimum Gasteiger partial charge on any atom is -0.496 e. The first-order valence-electron chi connectivity index (χ1n) is 9.70. The monoisotopic (exact) mass is 399 g/mol. The Labute approximate surface area is 163 Å². The van der Waals surface area contributed by atoms with Crippen LogP contribution in [0, 0.1) is 5.92 Å². The van der Waals surface area contributed by atoms with Crippen molar-refractivity contribution in [3.05, 3.63) is 23.3 Å². The molecule has 1 aliphatic carbocycles. The topological polar surface area (TPSA) is 54.9 Å². The van der Waals surface area contributed by atoms with Gasteiger partial charge in [-0.25, -0.2) is 0 Å². The van der Waals surface area contributed by atoms with Crippen LogP contribution in [0.15, 0.2) is 17.1 Å². The maximum Gasteiger partial charge on any atom is 0.391 e. The Balaban J connectivity index is 1.56. The third kappa shape index (κ3) is 4.83. The number of fused-ring (bicyclic) bond motifs is 1. The number of nitrogens with one attached hydrogen (secondary N) is 2. The van der Waals surface area contributed by atoms with Crippen LogP contribution in [-0.2, 0) is 13.0 Å². The Kier molecular flexibility index (Phi) is 6.25. The summed E-state index contributed by atoms with van der Waals surface area (Å²) in [6, 6.07) is 3.98. The van der Waals surface area contributed by atoms with Gasteiger partial charge < -0.3 is 20.1 Å². The molecule has 8 heteroatoms. The first-order chi connectivity index (χ1) is 13.3. The molecule has 0 saturated heterocycles. The van der Waals surface area contributed by atoms with Crippen LogP contribution in [0.5, 0.6) is 11.5 Å². The number of alkyl halides is 3. The molecule has 3 rings (SSSR count). The van der Waals surface area contributed by atoms with Gasteiger partial charge in [-0.05, 0) is 44.7 Å². The van der Waals surface area contributed by atoms with E-state index in [9.17, 15) is 13.2 Å². The molecular weight excluding hydrogens is 371 g/mol. The quantitative estimate of drug-likeness (QED) is 0.597. The lowest BCUT2D eigenvalue weighted by Crippen LogP contribution is -2.45. The third-order valence-corrected chi connectivity index (χ3v) is 5.50. The zero-order valence-corrected chi connectivity index (χ0v) is 16.5. The first kappa shape index (κ1) is 20.6. The average molecular weight is 399 g/mol. The fraction of sp³-hybridized carbons (Fsp3) is 0.650. The summed E-state index contributed by atoms with van der Waals surface area (Å²) in [6.45, 7) is 2.51. The van der Waals surface area contributed by atoms with Crippen LogP contribution in [0.1, 0.15) is 43.7 Å². The summed E-state index contributed by atoms with van der Waals surface area (Å²) in [4.78, 5) is 4.21. The second kappa shape index (κ2) is 8.49. The van der Waals surface area contributed by atoms with E-state index in [4.69, 9.17) is 9.47 Å². The molecule has 0 amide bonds. The van der Waals surface area contributed by atoms with E-state index in [0.717, 1.165) is 29.0 Å². The van der Waals surface area contributed by atoms with Gasteiger partial charge in [-0.1, -0.05) is 0 Å². The van der Waals surface area contributed by atoms with Crippen molar-refractivity contribution >= 4 is 5.96 Å². The average Bonchev–Trinajstić information content (AvgIpc) is 3.02. The molecule has 28 heavy (non-hydrogen) atoms. The minimum atomic E-state index is -4.09. The predicted molar refractivity (Wildman–Crippen MR) is 102 cm³/mol. The molecule has 0 radical (unpaired) electrons.